The molecule has 0 amide bonds. The van der Waals surface area contributed by atoms with Crippen molar-refractivity contribution < 1.29 is 99.0 Å². The Hall–Kier alpha value is -10.9. The van der Waals surface area contributed by atoms with Crippen molar-refractivity contribution in [2.75, 3.05) is 0 Å². The van der Waals surface area contributed by atoms with Gasteiger partial charge >= 0.3 is 63.3 Å². The summed E-state index contributed by atoms with van der Waals surface area (Å²) in [5, 5.41) is 24.5. The number of Topliss-reactive ketones (excluding diaryl/α,β-unsaturated/α-hetero) is 4. The van der Waals surface area contributed by atoms with Crippen molar-refractivity contribution in [1.82, 2.24) is 0 Å². The topological polar surface area (TPSA) is 428 Å². The van der Waals surface area contributed by atoms with E-state index in [1.807, 2.05) is 0 Å². The fourth-order valence-electron chi connectivity index (χ4n) is 9.52. The molecular formula is C55H32N8O18S4. The van der Waals surface area contributed by atoms with Gasteiger partial charge in [-0.1, -0.05) is 74.5 Å². The molecule has 424 valence electrons. The maximum Gasteiger partial charge on any atom is 0.362 e. The summed E-state index contributed by atoms with van der Waals surface area (Å²) in [5.41, 5.74) is 30.1. The zero-order valence-corrected chi connectivity index (χ0v) is 46.3. The molecule has 4 aliphatic carbocycles. The number of hydrogen-bond donors (Lipinski definition) is 2. The van der Waals surface area contributed by atoms with Gasteiger partial charge < -0.3 is 49.1 Å². The predicted molar refractivity (Wildman–Crippen MR) is 293 cm³/mol. The standard InChI is InChI=1S/C55H32N8O18S4/c1-55(2,35-19-25-41(78-82(70,71)43-11-3-7-31-27(43)15-21-37(60-56)47(31)64)51(68)53(35)80-84(74,75)45-13-5-9-33-29(45)17-23-39(62-58)49(33)66)36-20-26-42(79-83(72,73)44-12-4-8-32-28(44)16-22-38(61-57)48(32)65)52(69)54(36)81-85(76,77)46-14-6-10-34-30(46)18-24-40(63-59)50(34)67/h3-26,68-69H,1-2H3. The highest BCUT2D eigenvalue weighted by Gasteiger charge is 2.42. The molecule has 0 saturated heterocycles. The number of allylic oxidation sites excluding steroid dienone is 4. The van der Waals surface area contributed by atoms with Crippen LogP contribution in [0.1, 0.15) is 88.7 Å². The molecule has 0 aliphatic heterocycles. The van der Waals surface area contributed by atoms with Crippen LogP contribution in [0, 0.1) is 0 Å². The summed E-state index contributed by atoms with van der Waals surface area (Å²) in [7, 11) is -21.2. The van der Waals surface area contributed by atoms with Crippen LogP contribution in [-0.2, 0) is 45.9 Å². The number of rotatable bonds is 14. The van der Waals surface area contributed by atoms with Gasteiger partial charge in [-0.3, -0.25) is 19.2 Å². The molecule has 0 aromatic heterocycles. The third-order valence-electron chi connectivity index (χ3n) is 13.6. The lowest BCUT2D eigenvalue weighted by atomic mass is 9.77. The number of nitrogens with zero attached hydrogens (tertiary/aromatic N) is 8. The normalized spacial score (nSPS) is 14.5. The summed E-state index contributed by atoms with van der Waals surface area (Å²) >= 11 is 0. The molecule has 0 unspecified atom stereocenters. The lowest BCUT2D eigenvalue weighted by molar-refractivity contribution is -0.00459. The molecule has 0 radical (unpaired) electrons. The number of phenols is 2. The van der Waals surface area contributed by atoms with Gasteiger partial charge in [-0.2, -0.15) is 52.8 Å². The van der Waals surface area contributed by atoms with Crippen molar-refractivity contribution in [3.8, 4) is 34.5 Å². The Kier molecular flexibility index (Phi) is 14.0. The zero-order valence-electron chi connectivity index (χ0n) is 43.0. The highest BCUT2D eigenvalue weighted by atomic mass is 32.2. The van der Waals surface area contributed by atoms with Crippen LogP contribution < -0.4 is 16.7 Å². The molecule has 4 aliphatic rings. The number of benzene rings is 6. The summed E-state index contributed by atoms with van der Waals surface area (Å²) < 4.78 is 138. The second-order valence-corrected chi connectivity index (χ2v) is 24.9. The van der Waals surface area contributed by atoms with Gasteiger partial charge in [-0.25, -0.2) is 0 Å². The summed E-state index contributed by atoms with van der Waals surface area (Å²) in [6, 6.07) is 16.8. The highest BCUT2D eigenvalue weighted by molar-refractivity contribution is 7.88. The van der Waals surface area contributed by atoms with Gasteiger partial charge in [0.05, 0.1) is 0 Å². The first-order chi connectivity index (χ1) is 40.2. The number of carbonyl (C=O) groups excluding carboxylic acids is 4. The van der Waals surface area contributed by atoms with Crippen molar-refractivity contribution in [3.63, 3.8) is 0 Å². The minimum atomic E-state index is -5.41. The van der Waals surface area contributed by atoms with E-state index in [0.717, 1.165) is 121 Å². The molecule has 0 heterocycles. The van der Waals surface area contributed by atoms with Gasteiger partial charge in [0.1, 0.15) is 19.6 Å². The molecule has 6 aromatic rings. The minimum absolute atomic E-state index is 0.256. The Morgan fingerprint density at radius 2 is 0.612 bits per heavy atom. The van der Waals surface area contributed by atoms with E-state index in [1.54, 1.807) is 0 Å². The molecule has 0 bridgehead atoms. The van der Waals surface area contributed by atoms with Gasteiger partial charge in [0.15, 0.2) is 23.0 Å². The minimum Gasteiger partial charge on any atom is -0.502 e. The number of carbonyl (C=O) groups is 4. The van der Waals surface area contributed by atoms with E-state index in [2.05, 4.69) is 19.2 Å². The molecule has 85 heavy (non-hydrogen) atoms. The number of hydrogen-bond acceptors (Lipinski definition) is 18. The summed E-state index contributed by atoms with van der Waals surface area (Å²) in [6.45, 7) is 2.42. The summed E-state index contributed by atoms with van der Waals surface area (Å²) in [5.74, 6) is -10.9. The van der Waals surface area contributed by atoms with Gasteiger partial charge in [-0.05, 0) is 60.7 Å². The Morgan fingerprint density at radius 3 is 0.859 bits per heavy atom. The number of fused-ring (bicyclic) bond motifs is 4. The van der Waals surface area contributed by atoms with E-state index in [9.17, 15) is 85.2 Å². The van der Waals surface area contributed by atoms with Crippen LogP contribution in [-0.4, -0.2) is 109 Å². The molecule has 0 atom stereocenters. The van der Waals surface area contributed by atoms with Gasteiger partial charge in [-0.15, -0.1) is 0 Å². The molecule has 0 fully saturated rings. The molecule has 30 heteroatoms. The second-order valence-electron chi connectivity index (χ2n) is 18.8. The van der Waals surface area contributed by atoms with Gasteiger partial charge in [0.25, 0.3) is 23.1 Å². The number of aromatic hydroxyl groups is 2. The Labute approximate surface area is 479 Å². The quantitative estimate of drug-likeness (QED) is 0.0715. The lowest BCUT2D eigenvalue weighted by Crippen LogP contribution is -2.25. The lowest BCUT2D eigenvalue weighted by Gasteiger charge is -2.31. The zero-order chi connectivity index (χ0) is 61.3. The van der Waals surface area contributed by atoms with Crippen LogP contribution in [0.2, 0.25) is 0 Å². The molecule has 2 N–H and O–H groups in total. The summed E-state index contributed by atoms with van der Waals surface area (Å²) in [6.07, 6.45) is 8.38. The molecule has 0 saturated carbocycles. The van der Waals surface area contributed by atoms with Crippen LogP contribution in [0.5, 0.6) is 34.5 Å². The molecule has 10 rings (SSSR count). The van der Waals surface area contributed by atoms with E-state index in [1.165, 1.54) is 38.1 Å². The monoisotopic (exact) mass is 1220 g/mol. The average molecular weight is 1220 g/mol. The van der Waals surface area contributed by atoms with Crippen LogP contribution in [0.4, 0.5) is 0 Å². The first-order valence-electron chi connectivity index (χ1n) is 24.0. The van der Waals surface area contributed by atoms with E-state index in [-0.39, 0.29) is 44.5 Å². The molecule has 26 nitrogen and oxygen atoms in total. The molecule has 0 spiro atoms. The second kappa shape index (κ2) is 20.8. The summed E-state index contributed by atoms with van der Waals surface area (Å²) in [4.78, 5) is 61.3. The maximum atomic E-state index is 14.7. The Bertz CT molecular complexity index is 4690. The van der Waals surface area contributed by atoms with Crippen LogP contribution in [0.3, 0.4) is 0 Å². The number of phenolic OH excluding ortho intramolecular Hbond substituents is 2. The van der Waals surface area contributed by atoms with Crippen LogP contribution >= 0.6 is 0 Å². The SMILES string of the molecule is CC(C)(c1ccc(OS(=O)(=O)c2cccc3c2C=CC(=[N+]=[N-])C3=O)c(O)c1OS(=O)(=O)c1cccc2c1C=CC(=[N+]=[N-])C2=O)c1ccc(OS(=O)(=O)c2cccc3c2C=CC(=[N+]=[N-])C3=O)c(O)c1OS(=O)(=O)c1cccc2c1C=CC(=[N+]=[N-])C2=O. The van der Waals surface area contributed by atoms with E-state index >= 15 is 0 Å². The maximum absolute atomic E-state index is 14.7. The molecule has 6 aromatic carbocycles. The first kappa shape index (κ1) is 57.3. The Morgan fingerprint density at radius 1 is 0.365 bits per heavy atom. The van der Waals surface area contributed by atoms with Crippen molar-refractivity contribution in [3.05, 3.63) is 199 Å². The highest BCUT2D eigenvalue weighted by Crippen LogP contribution is 2.53. The van der Waals surface area contributed by atoms with E-state index in [4.69, 9.17) is 16.7 Å². The average Bonchev–Trinajstić information content (AvgIpc) is 3.50. The van der Waals surface area contributed by atoms with E-state index in [0.29, 0.717) is 0 Å². The third kappa shape index (κ3) is 9.70. The van der Waals surface area contributed by atoms with Crippen molar-refractivity contribution in [1.29, 1.82) is 0 Å². The third-order valence-corrected chi connectivity index (χ3v) is 18.8. The van der Waals surface area contributed by atoms with Crippen molar-refractivity contribution in [2.24, 2.45) is 0 Å². The smallest absolute Gasteiger partial charge is 0.362 e. The van der Waals surface area contributed by atoms with E-state index < -0.39 is 157 Å². The van der Waals surface area contributed by atoms with Gasteiger partial charge in [0, 0.05) is 85.4 Å². The Balaban J connectivity index is 1.17. The number of ketones is 4. The van der Waals surface area contributed by atoms with Crippen molar-refractivity contribution in [2.45, 2.75) is 38.8 Å². The van der Waals surface area contributed by atoms with Crippen LogP contribution in [0.25, 0.3) is 46.4 Å². The first-order valence-corrected chi connectivity index (χ1v) is 29.7. The fraction of sp³-hybridized carbons (Fsp3) is 0.0545. The van der Waals surface area contributed by atoms with Gasteiger partial charge in [0.2, 0.25) is 11.5 Å². The largest absolute Gasteiger partial charge is 0.502 e. The van der Waals surface area contributed by atoms with Crippen molar-refractivity contribution >= 4 is 111 Å². The fourth-order valence-corrected chi connectivity index (χ4v) is 14.2. The predicted octanol–water partition coefficient (Wildman–Crippen LogP) is 6.02. The molecular weight excluding hydrogens is 1190 g/mol. The van der Waals surface area contributed by atoms with Crippen LogP contribution in [0.15, 0.2) is 141 Å².